The smallest absolute Gasteiger partial charge is 0.256 e. The Kier molecular flexibility index (Phi) is 6.43. The number of para-hydroxylation sites is 1. The quantitative estimate of drug-likeness (QED) is 0.332. The second kappa shape index (κ2) is 9.66. The molecule has 0 radical (unpaired) electrons. The second-order valence-corrected chi connectivity index (χ2v) is 9.71. The Hall–Kier alpha value is -3.45. The summed E-state index contributed by atoms with van der Waals surface area (Å²) < 4.78 is 18.7. The van der Waals surface area contributed by atoms with Crippen LogP contribution >= 0.6 is 11.3 Å². The van der Waals surface area contributed by atoms with Gasteiger partial charge in [-0.3, -0.25) is 4.79 Å². The van der Waals surface area contributed by atoms with Gasteiger partial charge in [0.15, 0.2) is 16.6 Å². The van der Waals surface area contributed by atoms with E-state index in [9.17, 15) is 4.79 Å². The van der Waals surface area contributed by atoms with Crippen LogP contribution in [0.4, 0.5) is 0 Å². The molecule has 1 aliphatic rings. The SMILES string of the molecule is CCn1cc(C(=O)N2CCc3cc(OC)sc3C2Cc2ccc(OC)c(OC)c2)c2ccccc21. The average molecular weight is 491 g/mol. The Morgan fingerprint density at radius 2 is 1.83 bits per heavy atom. The van der Waals surface area contributed by atoms with Crippen LogP contribution in [0.15, 0.2) is 54.7 Å². The lowest BCUT2D eigenvalue weighted by atomic mass is 9.94. The number of carbonyl (C=O) groups is 1. The van der Waals surface area contributed by atoms with Crippen LogP contribution in [-0.4, -0.2) is 43.2 Å². The van der Waals surface area contributed by atoms with Crippen LogP contribution in [0.1, 0.15) is 39.3 Å². The molecule has 7 heteroatoms. The molecule has 0 aliphatic carbocycles. The molecular weight excluding hydrogens is 460 g/mol. The molecule has 35 heavy (non-hydrogen) atoms. The Morgan fingerprint density at radius 3 is 2.57 bits per heavy atom. The van der Waals surface area contributed by atoms with Crippen molar-refractivity contribution in [1.29, 1.82) is 0 Å². The summed E-state index contributed by atoms with van der Waals surface area (Å²) in [5.74, 6) is 1.45. The second-order valence-electron chi connectivity index (χ2n) is 8.66. The number of ether oxygens (including phenoxy) is 3. The highest BCUT2D eigenvalue weighted by Gasteiger charge is 2.35. The van der Waals surface area contributed by atoms with E-state index in [1.165, 1.54) is 10.4 Å². The zero-order valence-corrected chi connectivity index (χ0v) is 21.4. The van der Waals surface area contributed by atoms with Crippen molar-refractivity contribution in [3.8, 4) is 16.6 Å². The molecule has 2 aromatic carbocycles. The maximum atomic E-state index is 14.1. The van der Waals surface area contributed by atoms with E-state index in [1.807, 2.05) is 47.5 Å². The zero-order chi connectivity index (χ0) is 24.5. The fourth-order valence-electron chi connectivity index (χ4n) is 5.04. The first-order valence-electron chi connectivity index (χ1n) is 11.8. The van der Waals surface area contributed by atoms with E-state index in [4.69, 9.17) is 14.2 Å². The van der Waals surface area contributed by atoms with E-state index in [1.54, 1.807) is 32.7 Å². The fraction of sp³-hybridized carbons (Fsp3) is 0.321. The van der Waals surface area contributed by atoms with Gasteiger partial charge >= 0.3 is 0 Å². The minimum atomic E-state index is -0.0954. The summed E-state index contributed by atoms with van der Waals surface area (Å²) in [5.41, 5.74) is 4.19. The highest BCUT2D eigenvalue weighted by atomic mass is 32.1. The lowest BCUT2D eigenvalue weighted by Gasteiger charge is -2.36. The third kappa shape index (κ3) is 4.14. The van der Waals surface area contributed by atoms with Gasteiger partial charge in [0.05, 0.1) is 32.9 Å². The van der Waals surface area contributed by atoms with E-state index < -0.39 is 0 Å². The number of aromatic nitrogens is 1. The number of hydrogen-bond donors (Lipinski definition) is 0. The number of rotatable bonds is 7. The lowest BCUT2D eigenvalue weighted by molar-refractivity contribution is 0.0666. The topological polar surface area (TPSA) is 52.9 Å². The molecule has 1 amide bonds. The minimum Gasteiger partial charge on any atom is -0.493 e. The molecule has 6 nitrogen and oxygen atoms in total. The molecular formula is C28H30N2O4S. The van der Waals surface area contributed by atoms with Gasteiger partial charge in [-0.15, -0.1) is 11.3 Å². The molecule has 4 aromatic rings. The molecule has 0 spiro atoms. The number of amides is 1. The molecule has 0 fully saturated rings. The molecule has 3 heterocycles. The van der Waals surface area contributed by atoms with Crippen LogP contribution in [-0.2, 0) is 19.4 Å². The van der Waals surface area contributed by atoms with Crippen molar-refractivity contribution in [2.75, 3.05) is 27.9 Å². The van der Waals surface area contributed by atoms with Crippen molar-refractivity contribution in [3.05, 3.63) is 76.3 Å². The summed E-state index contributed by atoms with van der Waals surface area (Å²) in [6.07, 6.45) is 3.50. The van der Waals surface area contributed by atoms with Crippen molar-refractivity contribution < 1.29 is 19.0 Å². The van der Waals surface area contributed by atoms with Gasteiger partial charge in [-0.25, -0.2) is 0 Å². The molecule has 0 saturated carbocycles. The first-order chi connectivity index (χ1) is 17.1. The van der Waals surface area contributed by atoms with Crippen LogP contribution in [0.2, 0.25) is 0 Å². The summed E-state index contributed by atoms with van der Waals surface area (Å²) in [7, 11) is 4.98. The number of nitrogens with zero attached hydrogens (tertiary/aromatic N) is 2. The Balaban J connectivity index is 1.56. The maximum absolute atomic E-state index is 14.1. The summed E-state index contributed by atoms with van der Waals surface area (Å²) in [6, 6.07) is 16.1. The Morgan fingerprint density at radius 1 is 1.03 bits per heavy atom. The minimum absolute atomic E-state index is 0.0666. The van der Waals surface area contributed by atoms with Gasteiger partial charge in [0, 0.05) is 35.1 Å². The number of aryl methyl sites for hydroxylation is 1. The largest absolute Gasteiger partial charge is 0.493 e. The standard InChI is InChI=1S/C28H30N2O4S/c1-5-29-17-21(20-8-6-7-9-22(20)29)28(31)30-13-12-19-16-26(34-4)35-27(19)23(30)14-18-10-11-24(32-2)25(15-18)33-3/h6-11,15-17,23H,5,12-14H2,1-4H3. The fourth-order valence-corrected chi connectivity index (χ4v) is 6.18. The molecule has 2 aromatic heterocycles. The van der Waals surface area contributed by atoms with Crippen LogP contribution in [0.25, 0.3) is 10.9 Å². The van der Waals surface area contributed by atoms with Crippen LogP contribution in [0.3, 0.4) is 0 Å². The third-order valence-corrected chi connectivity index (χ3v) is 8.06. The zero-order valence-electron chi connectivity index (χ0n) is 20.5. The molecule has 1 unspecified atom stereocenters. The van der Waals surface area contributed by atoms with Crippen molar-refractivity contribution in [2.45, 2.75) is 32.4 Å². The number of thiophene rings is 1. The number of methoxy groups -OCH3 is 3. The van der Waals surface area contributed by atoms with Crippen LogP contribution in [0, 0.1) is 0 Å². The Bertz CT molecular complexity index is 1370. The lowest BCUT2D eigenvalue weighted by Crippen LogP contribution is -2.40. The predicted molar refractivity (Wildman–Crippen MR) is 139 cm³/mol. The summed E-state index contributed by atoms with van der Waals surface area (Å²) in [4.78, 5) is 17.3. The van der Waals surface area contributed by atoms with Gasteiger partial charge in [0.1, 0.15) is 0 Å². The first kappa shape index (κ1) is 23.3. The predicted octanol–water partition coefficient (Wildman–Crippen LogP) is 5.73. The molecule has 1 aliphatic heterocycles. The normalized spacial score (nSPS) is 15.2. The number of carbonyl (C=O) groups excluding carboxylic acids is 1. The third-order valence-electron chi connectivity index (χ3n) is 6.82. The number of hydrogen-bond acceptors (Lipinski definition) is 5. The van der Waals surface area contributed by atoms with Crippen LogP contribution < -0.4 is 14.2 Å². The van der Waals surface area contributed by atoms with Gasteiger partial charge < -0.3 is 23.7 Å². The number of benzene rings is 2. The highest BCUT2D eigenvalue weighted by Crippen LogP contribution is 2.43. The van der Waals surface area contributed by atoms with E-state index in [-0.39, 0.29) is 11.9 Å². The molecule has 0 N–H and O–H groups in total. The Labute approximate surface area is 209 Å². The van der Waals surface area contributed by atoms with E-state index in [0.29, 0.717) is 24.5 Å². The van der Waals surface area contributed by atoms with Crippen molar-refractivity contribution in [2.24, 2.45) is 0 Å². The summed E-state index contributed by atoms with van der Waals surface area (Å²) in [5, 5.41) is 1.88. The van der Waals surface area contributed by atoms with E-state index >= 15 is 0 Å². The highest BCUT2D eigenvalue weighted by molar-refractivity contribution is 7.14. The summed E-state index contributed by atoms with van der Waals surface area (Å²) >= 11 is 1.63. The monoisotopic (exact) mass is 490 g/mol. The molecule has 1 atom stereocenters. The van der Waals surface area contributed by atoms with Crippen molar-refractivity contribution in [1.82, 2.24) is 9.47 Å². The van der Waals surface area contributed by atoms with Gasteiger partial charge in [0.25, 0.3) is 5.91 Å². The molecule has 0 bridgehead atoms. The number of fused-ring (bicyclic) bond motifs is 2. The van der Waals surface area contributed by atoms with Gasteiger partial charge in [-0.2, -0.15) is 0 Å². The first-order valence-corrected chi connectivity index (χ1v) is 12.7. The van der Waals surface area contributed by atoms with Gasteiger partial charge in [-0.05, 0) is 55.2 Å². The van der Waals surface area contributed by atoms with Gasteiger partial charge in [-0.1, -0.05) is 24.3 Å². The molecule has 0 saturated heterocycles. The van der Waals surface area contributed by atoms with Crippen molar-refractivity contribution >= 4 is 28.1 Å². The van der Waals surface area contributed by atoms with Gasteiger partial charge in [0.2, 0.25) is 0 Å². The van der Waals surface area contributed by atoms with Crippen LogP contribution in [0.5, 0.6) is 16.6 Å². The molecule has 5 rings (SSSR count). The average Bonchev–Trinajstić information content (AvgIpc) is 3.50. The summed E-state index contributed by atoms with van der Waals surface area (Å²) in [6.45, 7) is 3.58. The van der Waals surface area contributed by atoms with Crippen molar-refractivity contribution in [3.63, 3.8) is 0 Å². The van der Waals surface area contributed by atoms with E-state index in [2.05, 4.69) is 23.6 Å². The van der Waals surface area contributed by atoms with E-state index in [0.717, 1.165) is 40.1 Å². The molecule has 182 valence electrons. The maximum Gasteiger partial charge on any atom is 0.256 e.